The van der Waals surface area contributed by atoms with Gasteiger partial charge in [0.15, 0.2) is 0 Å². The van der Waals surface area contributed by atoms with Crippen molar-refractivity contribution in [3.05, 3.63) is 35.9 Å². The molecular formula is C16H25N3. The van der Waals surface area contributed by atoms with Crippen LogP contribution in [-0.4, -0.2) is 49.7 Å². The van der Waals surface area contributed by atoms with Crippen molar-refractivity contribution in [3.63, 3.8) is 0 Å². The number of rotatable bonds is 3. The first kappa shape index (κ1) is 13.1. The number of hydrogen-bond donors (Lipinski definition) is 2. The van der Waals surface area contributed by atoms with E-state index in [1.165, 1.54) is 57.5 Å². The van der Waals surface area contributed by atoms with Crippen molar-refractivity contribution in [2.45, 2.75) is 24.8 Å². The fraction of sp³-hybridized carbons (Fsp3) is 0.625. The number of nitrogens with one attached hydrogen (secondary N) is 2. The molecule has 3 rings (SSSR count). The number of nitrogens with zero attached hydrogens (tertiary/aromatic N) is 1. The molecule has 1 spiro atoms. The standard InChI is InChI=1S/C16H25N3/c1-2-4-15(5-3-1)6-12-19-13-11-18-14-16(19)7-9-17-10-8-16/h1-5,17-18H,6-14H2. The molecule has 3 heteroatoms. The predicted octanol–water partition coefficient (Wildman–Crippen LogP) is 1.26. The molecule has 3 nitrogen and oxygen atoms in total. The van der Waals surface area contributed by atoms with E-state index in [9.17, 15) is 0 Å². The molecule has 104 valence electrons. The average Bonchev–Trinajstić information content (AvgIpc) is 2.48. The second-order valence-electron chi connectivity index (χ2n) is 5.87. The van der Waals surface area contributed by atoms with Crippen molar-refractivity contribution >= 4 is 0 Å². The quantitative estimate of drug-likeness (QED) is 0.856. The van der Waals surface area contributed by atoms with Gasteiger partial charge in [0.1, 0.15) is 0 Å². The number of piperidine rings is 1. The van der Waals surface area contributed by atoms with Crippen LogP contribution >= 0.6 is 0 Å². The van der Waals surface area contributed by atoms with Crippen LogP contribution in [0.3, 0.4) is 0 Å². The Morgan fingerprint density at radius 3 is 2.58 bits per heavy atom. The molecule has 0 unspecified atom stereocenters. The van der Waals surface area contributed by atoms with Gasteiger partial charge in [-0.05, 0) is 37.9 Å². The van der Waals surface area contributed by atoms with E-state index in [1.54, 1.807) is 0 Å². The highest BCUT2D eigenvalue weighted by Gasteiger charge is 2.39. The SMILES string of the molecule is c1ccc(CCN2CCNCC23CCNCC3)cc1. The summed E-state index contributed by atoms with van der Waals surface area (Å²) in [6, 6.07) is 10.9. The van der Waals surface area contributed by atoms with Gasteiger partial charge in [-0.3, -0.25) is 4.90 Å². The Morgan fingerprint density at radius 2 is 1.79 bits per heavy atom. The molecule has 2 N–H and O–H groups in total. The molecule has 1 aromatic carbocycles. The molecule has 0 amide bonds. The van der Waals surface area contributed by atoms with Gasteiger partial charge in [-0.25, -0.2) is 0 Å². The third-order valence-electron chi connectivity index (χ3n) is 4.73. The Balaban J connectivity index is 1.64. The van der Waals surface area contributed by atoms with Gasteiger partial charge in [0, 0.05) is 31.7 Å². The van der Waals surface area contributed by atoms with Crippen molar-refractivity contribution in [2.75, 3.05) is 39.3 Å². The van der Waals surface area contributed by atoms with Gasteiger partial charge in [-0.1, -0.05) is 30.3 Å². The van der Waals surface area contributed by atoms with Crippen LogP contribution in [-0.2, 0) is 6.42 Å². The molecule has 2 fully saturated rings. The maximum absolute atomic E-state index is 3.60. The lowest BCUT2D eigenvalue weighted by atomic mass is 9.84. The highest BCUT2D eigenvalue weighted by molar-refractivity contribution is 5.15. The van der Waals surface area contributed by atoms with Crippen LogP contribution in [0.4, 0.5) is 0 Å². The molecule has 2 aliphatic heterocycles. The molecule has 0 aromatic heterocycles. The monoisotopic (exact) mass is 259 g/mol. The van der Waals surface area contributed by atoms with Crippen molar-refractivity contribution in [3.8, 4) is 0 Å². The maximum atomic E-state index is 3.60. The van der Waals surface area contributed by atoms with E-state index in [2.05, 4.69) is 45.9 Å². The molecule has 1 aromatic rings. The van der Waals surface area contributed by atoms with Crippen LogP contribution in [0, 0.1) is 0 Å². The summed E-state index contributed by atoms with van der Waals surface area (Å²) in [5.74, 6) is 0. The molecule has 0 radical (unpaired) electrons. The summed E-state index contributed by atoms with van der Waals surface area (Å²) in [4.78, 5) is 2.75. The molecule has 0 bridgehead atoms. The molecule has 0 atom stereocenters. The Kier molecular flexibility index (Phi) is 4.16. The smallest absolute Gasteiger partial charge is 0.0358 e. The second kappa shape index (κ2) is 6.04. The zero-order valence-corrected chi connectivity index (χ0v) is 11.7. The minimum atomic E-state index is 0.415. The summed E-state index contributed by atoms with van der Waals surface area (Å²) in [5.41, 5.74) is 1.88. The van der Waals surface area contributed by atoms with E-state index in [-0.39, 0.29) is 0 Å². The normalized spacial score (nSPS) is 23.6. The summed E-state index contributed by atoms with van der Waals surface area (Å²) in [6.45, 7) is 7.05. The topological polar surface area (TPSA) is 27.3 Å². The van der Waals surface area contributed by atoms with Crippen LogP contribution in [0.1, 0.15) is 18.4 Å². The lowest BCUT2D eigenvalue weighted by Gasteiger charge is -2.50. The molecule has 0 aliphatic carbocycles. The van der Waals surface area contributed by atoms with Crippen LogP contribution in [0.15, 0.2) is 30.3 Å². The predicted molar refractivity (Wildman–Crippen MR) is 79.4 cm³/mol. The first-order valence-electron chi connectivity index (χ1n) is 7.60. The number of piperazine rings is 1. The third kappa shape index (κ3) is 2.99. The molecular weight excluding hydrogens is 234 g/mol. The largest absolute Gasteiger partial charge is 0.317 e. The maximum Gasteiger partial charge on any atom is 0.0358 e. The first-order chi connectivity index (χ1) is 9.39. The molecule has 2 aliphatic rings. The average molecular weight is 259 g/mol. The third-order valence-corrected chi connectivity index (χ3v) is 4.73. The fourth-order valence-electron chi connectivity index (χ4n) is 3.53. The fourth-order valence-corrected chi connectivity index (χ4v) is 3.53. The van der Waals surface area contributed by atoms with E-state index in [1.807, 2.05) is 0 Å². The van der Waals surface area contributed by atoms with Crippen LogP contribution in [0.5, 0.6) is 0 Å². The van der Waals surface area contributed by atoms with Gasteiger partial charge < -0.3 is 10.6 Å². The lowest BCUT2D eigenvalue weighted by molar-refractivity contribution is 0.0342. The second-order valence-corrected chi connectivity index (χ2v) is 5.87. The Bertz CT molecular complexity index is 376. The zero-order valence-electron chi connectivity index (χ0n) is 11.7. The number of hydrogen-bond acceptors (Lipinski definition) is 3. The molecule has 19 heavy (non-hydrogen) atoms. The Labute approximate surface area is 116 Å². The molecule has 2 saturated heterocycles. The summed E-state index contributed by atoms with van der Waals surface area (Å²) in [5, 5.41) is 7.10. The highest BCUT2D eigenvalue weighted by Crippen LogP contribution is 2.27. The van der Waals surface area contributed by atoms with Gasteiger partial charge >= 0.3 is 0 Å². The van der Waals surface area contributed by atoms with Gasteiger partial charge in [-0.15, -0.1) is 0 Å². The summed E-state index contributed by atoms with van der Waals surface area (Å²) in [6.07, 6.45) is 3.75. The van der Waals surface area contributed by atoms with E-state index >= 15 is 0 Å². The van der Waals surface area contributed by atoms with Crippen LogP contribution in [0.25, 0.3) is 0 Å². The van der Waals surface area contributed by atoms with Crippen LogP contribution < -0.4 is 10.6 Å². The van der Waals surface area contributed by atoms with E-state index < -0.39 is 0 Å². The minimum absolute atomic E-state index is 0.415. The van der Waals surface area contributed by atoms with E-state index in [4.69, 9.17) is 0 Å². The van der Waals surface area contributed by atoms with Crippen LogP contribution in [0.2, 0.25) is 0 Å². The summed E-state index contributed by atoms with van der Waals surface area (Å²) < 4.78 is 0. The highest BCUT2D eigenvalue weighted by atomic mass is 15.3. The van der Waals surface area contributed by atoms with Gasteiger partial charge in [-0.2, -0.15) is 0 Å². The summed E-state index contributed by atoms with van der Waals surface area (Å²) in [7, 11) is 0. The van der Waals surface area contributed by atoms with Crippen molar-refractivity contribution in [1.82, 2.24) is 15.5 Å². The zero-order chi connectivity index (χ0) is 13.0. The molecule has 0 saturated carbocycles. The van der Waals surface area contributed by atoms with Gasteiger partial charge in [0.05, 0.1) is 0 Å². The van der Waals surface area contributed by atoms with Gasteiger partial charge in [0.25, 0.3) is 0 Å². The van der Waals surface area contributed by atoms with E-state index in [0.29, 0.717) is 5.54 Å². The van der Waals surface area contributed by atoms with Gasteiger partial charge in [0.2, 0.25) is 0 Å². The van der Waals surface area contributed by atoms with Crippen molar-refractivity contribution in [2.24, 2.45) is 0 Å². The summed E-state index contributed by atoms with van der Waals surface area (Å²) >= 11 is 0. The van der Waals surface area contributed by atoms with Crippen molar-refractivity contribution in [1.29, 1.82) is 0 Å². The minimum Gasteiger partial charge on any atom is -0.317 e. The lowest BCUT2D eigenvalue weighted by Crippen LogP contribution is -2.64. The van der Waals surface area contributed by atoms with E-state index in [0.717, 1.165) is 6.54 Å². The number of benzene rings is 1. The Hall–Kier alpha value is -0.900. The first-order valence-corrected chi connectivity index (χ1v) is 7.60. The molecule has 2 heterocycles. The Morgan fingerprint density at radius 1 is 1.00 bits per heavy atom. The van der Waals surface area contributed by atoms with Crippen molar-refractivity contribution < 1.29 is 0 Å².